The van der Waals surface area contributed by atoms with Gasteiger partial charge < -0.3 is 14.1 Å². The fourth-order valence-corrected chi connectivity index (χ4v) is 4.14. The first-order valence-electron chi connectivity index (χ1n) is 10.3. The lowest BCUT2D eigenvalue weighted by Crippen LogP contribution is -2.18. The summed E-state index contributed by atoms with van der Waals surface area (Å²) in [4.78, 5) is 28.4. The van der Waals surface area contributed by atoms with Crippen molar-refractivity contribution in [3.63, 3.8) is 0 Å². The average Bonchev–Trinajstić information content (AvgIpc) is 3.23. The van der Waals surface area contributed by atoms with E-state index in [1.807, 2.05) is 30.3 Å². The lowest BCUT2D eigenvalue weighted by molar-refractivity contribution is 0.589. The van der Waals surface area contributed by atoms with Crippen LogP contribution in [0.4, 0.5) is 8.78 Å². The third-order valence-corrected chi connectivity index (χ3v) is 5.80. The number of hydrogen-bond donors (Lipinski definition) is 1. The van der Waals surface area contributed by atoms with Gasteiger partial charge in [0.15, 0.2) is 0 Å². The molecule has 5 nitrogen and oxygen atoms in total. The van der Waals surface area contributed by atoms with Crippen molar-refractivity contribution in [1.82, 2.24) is 14.1 Å². The van der Waals surface area contributed by atoms with Gasteiger partial charge in [0.1, 0.15) is 17.2 Å². The molecule has 3 aromatic heterocycles. The van der Waals surface area contributed by atoms with Crippen LogP contribution in [0, 0.1) is 11.6 Å². The predicted molar refractivity (Wildman–Crippen MR) is 125 cm³/mol. The number of nitrogens with one attached hydrogen (secondary N) is 1. The van der Waals surface area contributed by atoms with Crippen molar-refractivity contribution in [1.29, 1.82) is 0 Å². The molecule has 0 fully saturated rings. The minimum atomic E-state index is -0.738. The fraction of sp³-hybridized carbons (Fsp3) is 0.0769. The number of aryl methyl sites for hydroxylation is 2. The molecule has 0 aliphatic heterocycles. The largest absolute Gasteiger partial charge is 0.350 e. The number of nitrogens with zero attached hydrogens (tertiary/aromatic N) is 2. The zero-order valence-corrected chi connectivity index (χ0v) is 17.9. The summed E-state index contributed by atoms with van der Waals surface area (Å²) in [6, 6.07) is 16.2. The van der Waals surface area contributed by atoms with Gasteiger partial charge in [-0.15, -0.1) is 0 Å². The molecule has 3 heterocycles. The third kappa shape index (κ3) is 3.38. The summed E-state index contributed by atoms with van der Waals surface area (Å²) in [7, 11) is 3.27. The summed E-state index contributed by atoms with van der Waals surface area (Å²) in [6.45, 7) is 0. The molecule has 7 heteroatoms. The highest BCUT2D eigenvalue weighted by molar-refractivity contribution is 6.00. The first-order chi connectivity index (χ1) is 15.8. The lowest BCUT2D eigenvalue weighted by Gasteiger charge is -2.14. The highest BCUT2D eigenvalue weighted by Gasteiger charge is 2.20. The number of aromatic nitrogens is 3. The highest BCUT2D eigenvalue weighted by atomic mass is 19.1. The standard InChI is InChI=1S/C26H19F2N3O2/c1-30-13-18(15-7-4-3-5-8-15)16(12-23(30)32)19-14-31(2)26(33)25-17(19)11-22(29-25)24-20(27)9-6-10-21(24)28/h3-14,29H,1-2H3. The minimum absolute atomic E-state index is 0.148. The molecule has 1 N–H and O–H groups in total. The molecule has 0 aliphatic carbocycles. The van der Waals surface area contributed by atoms with Crippen molar-refractivity contribution < 1.29 is 8.78 Å². The molecule has 0 amide bonds. The van der Waals surface area contributed by atoms with E-state index in [1.54, 1.807) is 32.6 Å². The molecular formula is C26H19F2N3O2. The summed E-state index contributed by atoms with van der Waals surface area (Å²) in [5.41, 5.74) is 2.44. The van der Waals surface area contributed by atoms with Crippen molar-refractivity contribution in [2.24, 2.45) is 14.1 Å². The van der Waals surface area contributed by atoms with Gasteiger partial charge in [0.25, 0.3) is 11.1 Å². The van der Waals surface area contributed by atoms with E-state index in [2.05, 4.69) is 4.98 Å². The third-order valence-electron chi connectivity index (χ3n) is 5.80. The average molecular weight is 443 g/mol. The SMILES string of the molecule is Cn1cc(-c2ccccc2)c(-c2cn(C)c(=O)c3[nH]c(-c4c(F)cccc4F)cc23)cc1=O. The van der Waals surface area contributed by atoms with E-state index in [-0.39, 0.29) is 27.9 Å². The van der Waals surface area contributed by atoms with Crippen molar-refractivity contribution in [3.05, 3.63) is 105 Å². The van der Waals surface area contributed by atoms with Gasteiger partial charge in [-0.3, -0.25) is 9.59 Å². The predicted octanol–water partition coefficient (Wildman–Crippen LogP) is 4.84. The van der Waals surface area contributed by atoms with Gasteiger partial charge in [-0.2, -0.15) is 0 Å². The molecule has 0 radical (unpaired) electrons. The van der Waals surface area contributed by atoms with E-state index >= 15 is 0 Å². The second-order valence-electron chi connectivity index (χ2n) is 7.94. The van der Waals surface area contributed by atoms with E-state index in [9.17, 15) is 18.4 Å². The van der Waals surface area contributed by atoms with Crippen molar-refractivity contribution in [2.45, 2.75) is 0 Å². The summed E-state index contributed by atoms with van der Waals surface area (Å²) < 4.78 is 31.8. The first kappa shape index (κ1) is 20.6. The van der Waals surface area contributed by atoms with Crippen molar-refractivity contribution in [2.75, 3.05) is 0 Å². The van der Waals surface area contributed by atoms with Crippen LogP contribution < -0.4 is 11.1 Å². The summed E-state index contributed by atoms with van der Waals surface area (Å²) in [6.07, 6.45) is 3.38. The molecule has 0 aliphatic rings. The van der Waals surface area contributed by atoms with Crippen LogP contribution in [-0.4, -0.2) is 14.1 Å². The van der Waals surface area contributed by atoms with Crippen molar-refractivity contribution in [3.8, 4) is 33.5 Å². The van der Waals surface area contributed by atoms with Gasteiger partial charge in [-0.05, 0) is 29.3 Å². The Labute approximate surface area is 187 Å². The zero-order chi connectivity index (χ0) is 23.3. The Kier molecular flexibility index (Phi) is 4.82. The Morgan fingerprint density at radius 1 is 0.758 bits per heavy atom. The number of benzene rings is 2. The van der Waals surface area contributed by atoms with Crippen LogP contribution in [0.2, 0.25) is 0 Å². The lowest BCUT2D eigenvalue weighted by atomic mass is 9.95. The molecular weight excluding hydrogens is 424 g/mol. The monoisotopic (exact) mass is 443 g/mol. The van der Waals surface area contributed by atoms with Gasteiger partial charge in [0, 0.05) is 49.1 Å². The maximum Gasteiger partial charge on any atom is 0.274 e. The Balaban J connectivity index is 1.87. The van der Waals surface area contributed by atoms with Gasteiger partial charge in [-0.1, -0.05) is 36.4 Å². The Morgan fingerprint density at radius 2 is 1.42 bits per heavy atom. The number of hydrogen-bond acceptors (Lipinski definition) is 2. The van der Waals surface area contributed by atoms with Crippen LogP contribution >= 0.6 is 0 Å². The molecule has 5 aromatic rings. The molecule has 0 bridgehead atoms. The molecule has 0 saturated carbocycles. The molecule has 33 heavy (non-hydrogen) atoms. The van der Waals surface area contributed by atoms with E-state index in [1.165, 1.54) is 21.3 Å². The van der Waals surface area contributed by atoms with Crippen LogP contribution in [0.1, 0.15) is 0 Å². The van der Waals surface area contributed by atoms with E-state index in [0.29, 0.717) is 16.5 Å². The minimum Gasteiger partial charge on any atom is -0.350 e. The summed E-state index contributed by atoms with van der Waals surface area (Å²) >= 11 is 0. The first-order valence-corrected chi connectivity index (χ1v) is 10.3. The topological polar surface area (TPSA) is 59.8 Å². The van der Waals surface area contributed by atoms with E-state index in [4.69, 9.17) is 0 Å². The molecule has 0 saturated heterocycles. The van der Waals surface area contributed by atoms with Crippen molar-refractivity contribution >= 4 is 10.9 Å². The fourth-order valence-electron chi connectivity index (χ4n) is 4.14. The number of fused-ring (bicyclic) bond motifs is 1. The number of aromatic amines is 1. The zero-order valence-electron chi connectivity index (χ0n) is 17.9. The number of rotatable bonds is 3. The normalized spacial score (nSPS) is 11.3. The maximum atomic E-state index is 14.5. The molecule has 0 atom stereocenters. The number of pyridine rings is 2. The Bertz CT molecular complexity index is 1630. The molecule has 0 unspecified atom stereocenters. The number of H-pyrrole nitrogens is 1. The second kappa shape index (κ2) is 7.70. The quantitative estimate of drug-likeness (QED) is 0.434. The second-order valence-corrected chi connectivity index (χ2v) is 7.94. The Morgan fingerprint density at radius 3 is 2.12 bits per heavy atom. The maximum absolute atomic E-state index is 14.5. The Hall–Kier alpha value is -4.26. The molecule has 2 aromatic carbocycles. The summed E-state index contributed by atoms with van der Waals surface area (Å²) in [5.74, 6) is -1.48. The van der Waals surface area contributed by atoms with Crippen LogP contribution in [0.25, 0.3) is 44.4 Å². The molecule has 164 valence electrons. The van der Waals surface area contributed by atoms with Crippen LogP contribution in [0.15, 0.2) is 82.6 Å². The van der Waals surface area contributed by atoms with Crippen LogP contribution in [0.5, 0.6) is 0 Å². The summed E-state index contributed by atoms with van der Waals surface area (Å²) in [5, 5.41) is 0.473. The van der Waals surface area contributed by atoms with Gasteiger partial charge in [0.2, 0.25) is 0 Å². The molecule has 5 rings (SSSR count). The van der Waals surface area contributed by atoms with Gasteiger partial charge in [0.05, 0.1) is 11.3 Å². The van der Waals surface area contributed by atoms with Gasteiger partial charge >= 0.3 is 0 Å². The molecule has 0 spiro atoms. The number of halogens is 2. The van der Waals surface area contributed by atoms with Gasteiger partial charge in [-0.25, -0.2) is 8.78 Å². The van der Waals surface area contributed by atoms with Crippen LogP contribution in [-0.2, 0) is 14.1 Å². The van der Waals surface area contributed by atoms with E-state index in [0.717, 1.165) is 23.3 Å². The smallest absolute Gasteiger partial charge is 0.274 e. The van der Waals surface area contributed by atoms with E-state index < -0.39 is 11.6 Å². The van der Waals surface area contributed by atoms with Crippen LogP contribution in [0.3, 0.4) is 0 Å². The highest BCUT2D eigenvalue weighted by Crippen LogP contribution is 2.36.